The SMILES string of the molecule is CCOC(=O)CSNc1ccc(C(=O)Nc2cccn(OC)c2=O)c(N2CCC3(CC2)CC3)c1. The zero-order chi connectivity index (χ0) is 24.1. The molecule has 1 saturated heterocycles. The molecule has 0 radical (unpaired) electrons. The van der Waals surface area contributed by atoms with Crippen LogP contribution in [0.15, 0.2) is 41.3 Å². The van der Waals surface area contributed by atoms with Gasteiger partial charge < -0.3 is 24.5 Å². The van der Waals surface area contributed by atoms with Gasteiger partial charge in [0, 0.05) is 25.0 Å². The van der Waals surface area contributed by atoms with E-state index < -0.39 is 5.56 Å². The zero-order valence-corrected chi connectivity index (χ0v) is 20.3. The summed E-state index contributed by atoms with van der Waals surface area (Å²) in [7, 11) is 1.39. The Hall–Kier alpha value is -3.14. The van der Waals surface area contributed by atoms with Crippen LogP contribution in [-0.4, -0.2) is 49.2 Å². The van der Waals surface area contributed by atoms with Crippen LogP contribution < -0.4 is 25.3 Å². The van der Waals surface area contributed by atoms with Crippen LogP contribution in [-0.2, 0) is 9.53 Å². The first-order valence-electron chi connectivity index (χ1n) is 11.4. The Morgan fingerprint density at radius 1 is 1.15 bits per heavy atom. The lowest BCUT2D eigenvalue weighted by molar-refractivity contribution is -0.139. The number of nitrogens with zero attached hydrogens (tertiary/aromatic N) is 2. The van der Waals surface area contributed by atoms with Gasteiger partial charge in [0.1, 0.15) is 18.6 Å². The highest BCUT2D eigenvalue weighted by molar-refractivity contribution is 8.01. The fourth-order valence-electron chi connectivity index (χ4n) is 4.23. The van der Waals surface area contributed by atoms with E-state index in [2.05, 4.69) is 14.9 Å². The summed E-state index contributed by atoms with van der Waals surface area (Å²) in [4.78, 5) is 44.6. The van der Waals surface area contributed by atoms with E-state index in [9.17, 15) is 14.4 Å². The summed E-state index contributed by atoms with van der Waals surface area (Å²) in [5.41, 5.74) is 2.27. The monoisotopic (exact) mass is 486 g/mol. The molecule has 2 heterocycles. The van der Waals surface area contributed by atoms with Gasteiger partial charge >= 0.3 is 11.5 Å². The Morgan fingerprint density at radius 2 is 1.91 bits per heavy atom. The molecule has 10 heteroatoms. The molecule has 0 atom stereocenters. The smallest absolute Gasteiger partial charge is 0.317 e. The van der Waals surface area contributed by atoms with Crippen LogP contribution in [0.25, 0.3) is 0 Å². The Kier molecular flexibility index (Phi) is 7.35. The third kappa shape index (κ3) is 5.49. The molecule has 1 aromatic heterocycles. The minimum absolute atomic E-state index is 0.142. The molecule has 1 amide bonds. The Labute approximate surface area is 202 Å². The number of esters is 1. The molecule has 1 saturated carbocycles. The number of pyridine rings is 1. The lowest BCUT2D eigenvalue weighted by Crippen LogP contribution is -2.36. The van der Waals surface area contributed by atoms with Crippen LogP contribution in [0.4, 0.5) is 17.1 Å². The van der Waals surface area contributed by atoms with Gasteiger partial charge in [0.25, 0.3) is 5.91 Å². The Morgan fingerprint density at radius 3 is 2.59 bits per heavy atom. The van der Waals surface area contributed by atoms with Gasteiger partial charge in [-0.05, 0) is 80.3 Å². The summed E-state index contributed by atoms with van der Waals surface area (Å²) >= 11 is 1.24. The molecule has 2 aliphatic rings. The van der Waals surface area contributed by atoms with Crippen molar-refractivity contribution in [3.05, 3.63) is 52.4 Å². The number of hydrogen-bond acceptors (Lipinski definition) is 8. The highest BCUT2D eigenvalue weighted by Gasteiger charge is 2.44. The third-order valence-electron chi connectivity index (χ3n) is 6.41. The average molecular weight is 487 g/mol. The van der Waals surface area contributed by atoms with E-state index in [0.717, 1.165) is 42.0 Å². The molecular formula is C24H30N4O5S. The van der Waals surface area contributed by atoms with Gasteiger partial charge in [0.05, 0.1) is 17.9 Å². The van der Waals surface area contributed by atoms with E-state index in [1.165, 1.54) is 38.1 Å². The van der Waals surface area contributed by atoms with Gasteiger partial charge in [-0.2, -0.15) is 4.73 Å². The van der Waals surface area contributed by atoms with E-state index in [1.807, 2.05) is 6.07 Å². The fourth-order valence-corrected chi connectivity index (χ4v) is 4.80. The highest BCUT2D eigenvalue weighted by Crippen LogP contribution is 2.54. The van der Waals surface area contributed by atoms with E-state index >= 15 is 0 Å². The molecule has 2 N–H and O–H groups in total. The molecule has 1 spiro atoms. The summed E-state index contributed by atoms with van der Waals surface area (Å²) in [6.45, 7) is 3.88. The maximum Gasteiger partial charge on any atom is 0.317 e. The number of aromatic nitrogens is 1. The Balaban J connectivity index is 1.54. The minimum Gasteiger partial charge on any atom is -0.465 e. The number of ether oxygens (including phenoxy) is 1. The summed E-state index contributed by atoms with van der Waals surface area (Å²) in [5.74, 6) is -0.470. The fraction of sp³-hybridized carbons (Fsp3) is 0.458. The quantitative estimate of drug-likeness (QED) is 0.412. The molecule has 1 aliphatic heterocycles. The predicted molar refractivity (Wildman–Crippen MR) is 133 cm³/mol. The maximum absolute atomic E-state index is 13.2. The van der Waals surface area contributed by atoms with Crippen LogP contribution in [0.3, 0.4) is 0 Å². The van der Waals surface area contributed by atoms with Crippen LogP contribution in [0.2, 0.25) is 0 Å². The first kappa shape index (κ1) is 24.0. The molecule has 0 bridgehead atoms. The van der Waals surface area contributed by atoms with E-state index in [0.29, 0.717) is 17.6 Å². The summed E-state index contributed by atoms with van der Waals surface area (Å²) < 4.78 is 9.19. The van der Waals surface area contributed by atoms with Gasteiger partial charge in [0.15, 0.2) is 0 Å². The van der Waals surface area contributed by atoms with Crippen molar-refractivity contribution in [3.63, 3.8) is 0 Å². The summed E-state index contributed by atoms with van der Waals surface area (Å²) in [6.07, 6.45) is 6.29. The van der Waals surface area contributed by atoms with Crippen molar-refractivity contribution < 1.29 is 19.2 Å². The van der Waals surface area contributed by atoms with Crippen LogP contribution in [0, 0.1) is 5.41 Å². The number of benzene rings is 1. The van der Waals surface area contributed by atoms with E-state index in [4.69, 9.17) is 9.57 Å². The predicted octanol–water partition coefficient (Wildman–Crippen LogP) is 3.16. The van der Waals surface area contributed by atoms with Crippen molar-refractivity contribution in [2.75, 3.05) is 47.5 Å². The topological polar surface area (TPSA) is 102 Å². The van der Waals surface area contributed by atoms with Gasteiger partial charge in [0.2, 0.25) is 0 Å². The third-order valence-corrected chi connectivity index (χ3v) is 7.17. The molecule has 9 nitrogen and oxygen atoms in total. The number of nitrogens with one attached hydrogen (secondary N) is 2. The van der Waals surface area contributed by atoms with Crippen molar-refractivity contribution in [2.24, 2.45) is 5.41 Å². The van der Waals surface area contributed by atoms with E-state index in [-0.39, 0.29) is 23.3 Å². The first-order valence-corrected chi connectivity index (χ1v) is 12.4. The maximum atomic E-state index is 13.2. The van der Waals surface area contributed by atoms with Crippen molar-refractivity contribution in [1.29, 1.82) is 0 Å². The molecule has 34 heavy (non-hydrogen) atoms. The van der Waals surface area contributed by atoms with Crippen LogP contribution in [0.1, 0.15) is 43.0 Å². The van der Waals surface area contributed by atoms with Crippen molar-refractivity contribution in [3.8, 4) is 0 Å². The second-order valence-corrected chi connectivity index (χ2v) is 9.39. The molecule has 4 rings (SSSR count). The summed E-state index contributed by atoms with van der Waals surface area (Å²) in [6, 6.07) is 8.65. The molecular weight excluding hydrogens is 456 g/mol. The lowest BCUT2D eigenvalue weighted by Gasteiger charge is -2.35. The molecule has 1 aliphatic carbocycles. The number of carbonyl (C=O) groups excluding carboxylic acids is 2. The van der Waals surface area contributed by atoms with Crippen LogP contribution >= 0.6 is 11.9 Å². The number of piperidine rings is 1. The standard InChI is InChI=1S/C24H30N4O5S/c1-3-33-21(29)16-34-26-17-6-7-18(20(15-17)27-13-10-24(8-9-24)11-14-27)22(30)25-19-5-4-12-28(32-2)23(19)31/h4-7,12,15,26H,3,8-11,13-14,16H2,1-2H3,(H,25,30). The van der Waals surface area contributed by atoms with Crippen molar-refractivity contribution >= 4 is 40.9 Å². The van der Waals surface area contributed by atoms with Gasteiger partial charge in [-0.25, -0.2) is 0 Å². The van der Waals surface area contributed by atoms with Crippen LogP contribution in [0.5, 0.6) is 0 Å². The lowest BCUT2D eigenvalue weighted by atomic mass is 9.93. The zero-order valence-electron chi connectivity index (χ0n) is 19.5. The molecule has 182 valence electrons. The number of carbonyl (C=O) groups is 2. The van der Waals surface area contributed by atoms with Crippen molar-refractivity contribution in [2.45, 2.75) is 32.6 Å². The number of rotatable bonds is 9. The minimum atomic E-state index is -0.442. The van der Waals surface area contributed by atoms with Gasteiger partial charge in [-0.3, -0.25) is 14.4 Å². The average Bonchev–Trinajstić information content (AvgIpc) is 3.59. The normalized spacial score (nSPS) is 16.1. The largest absolute Gasteiger partial charge is 0.465 e. The number of hydrogen-bond donors (Lipinski definition) is 2. The first-order chi connectivity index (χ1) is 16.4. The molecule has 2 fully saturated rings. The van der Waals surface area contributed by atoms with E-state index in [1.54, 1.807) is 31.2 Å². The highest BCUT2D eigenvalue weighted by atomic mass is 32.2. The molecule has 1 aromatic carbocycles. The van der Waals surface area contributed by atoms with Gasteiger partial charge in [-0.1, -0.05) is 0 Å². The molecule has 0 unspecified atom stereocenters. The second kappa shape index (κ2) is 10.4. The second-order valence-electron chi connectivity index (χ2n) is 8.60. The number of anilines is 3. The van der Waals surface area contributed by atoms with Gasteiger partial charge in [-0.15, -0.1) is 0 Å². The molecule has 2 aromatic rings. The van der Waals surface area contributed by atoms with Crippen molar-refractivity contribution in [1.82, 2.24) is 4.73 Å². The Bertz CT molecular complexity index is 1100. The number of amides is 1. The summed E-state index contributed by atoms with van der Waals surface area (Å²) in [5, 5.41) is 2.74.